The van der Waals surface area contributed by atoms with E-state index in [1.807, 2.05) is 0 Å². The zero-order valence-corrected chi connectivity index (χ0v) is 23.8. The highest BCUT2D eigenvalue weighted by atomic mass is 16.7. The van der Waals surface area contributed by atoms with Crippen molar-refractivity contribution in [3.63, 3.8) is 0 Å². The molecule has 2 fully saturated rings. The third-order valence-electron chi connectivity index (χ3n) is 7.47. The fourth-order valence-electron chi connectivity index (χ4n) is 5.07. The summed E-state index contributed by atoms with van der Waals surface area (Å²) < 4.78 is 33.3. The van der Waals surface area contributed by atoms with E-state index in [2.05, 4.69) is 0 Å². The fraction of sp³-hybridized carbons (Fsp3) is 0.448. The number of phenolic OH excluding ortho intramolecular Hbond substituents is 3. The Morgan fingerprint density at radius 3 is 2.20 bits per heavy atom. The highest BCUT2D eigenvalue weighted by Crippen LogP contribution is 2.38. The maximum Gasteiger partial charge on any atom is 0.302 e. The summed E-state index contributed by atoms with van der Waals surface area (Å²) in [6.45, 7) is 1.99. The molecule has 2 saturated heterocycles. The third kappa shape index (κ3) is 6.40. The largest absolute Gasteiger partial charge is 0.508 e. The molecule has 45 heavy (non-hydrogen) atoms. The van der Waals surface area contributed by atoms with Gasteiger partial charge in [0.25, 0.3) is 0 Å². The van der Waals surface area contributed by atoms with Crippen molar-refractivity contribution in [3.8, 4) is 34.3 Å². The first-order chi connectivity index (χ1) is 21.3. The van der Waals surface area contributed by atoms with Crippen molar-refractivity contribution in [3.05, 3.63) is 46.6 Å². The molecule has 244 valence electrons. The number of hydrogen-bond donors (Lipinski definition) is 8. The number of phenols is 3. The first-order valence-electron chi connectivity index (χ1n) is 13.8. The molecule has 8 N–H and O–H groups in total. The minimum absolute atomic E-state index is 0.103. The fourth-order valence-corrected chi connectivity index (χ4v) is 5.07. The molecule has 3 aromatic rings. The van der Waals surface area contributed by atoms with Crippen LogP contribution in [0.4, 0.5) is 0 Å². The molecule has 0 aliphatic carbocycles. The molecule has 10 unspecified atom stereocenters. The van der Waals surface area contributed by atoms with Crippen LogP contribution >= 0.6 is 0 Å². The summed E-state index contributed by atoms with van der Waals surface area (Å²) in [5.41, 5.74) is -0.934. The summed E-state index contributed by atoms with van der Waals surface area (Å²) in [6.07, 6.45) is -16.5. The number of hydrogen-bond acceptors (Lipinski definition) is 16. The van der Waals surface area contributed by atoms with Gasteiger partial charge in [0.2, 0.25) is 17.5 Å². The molecule has 0 amide bonds. The maximum atomic E-state index is 13.7. The molecule has 2 aliphatic rings. The predicted octanol–water partition coefficient (Wildman–Crippen LogP) is -0.822. The molecule has 16 heteroatoms. The van der Waals surface area contributed by atoms with E-state index in [1.54, 1.807) is 0 Å². The van der Waals surface area contributed by atoms with Gasteiger partial charge < -0.3 is 69.0 Å². The van der Waals surface area contributed by atoms with Gasteiger partial charge in [-0.25, -0.2) is 0 Å². The minimum Gasteiger partial charge on any atom is -0.508 e. The number of aromatic hydroxyl groups is 3. The lowest BCUT2D eigenvalue weighted by Crippen LogP contribution is -2.64. The van der Waals surface area contributed by atoms with E-state index in [0.29, 0.717) is 0 Å². The Balaban J connectivity index is 1.48. The average molecular weight is 637 g/mol. The molecule has 3 heterocycles. The van der Waals surface area contributed by atoms with Crippen LogP contribution in [0.1, 0.15) is 13.8 Å². The van der Waals surface area contributed by atoms with Gasteiger partial charge in [0.05, 0.1) is 6.10 Å². The second kappa shape index (κ2) is 12.8. The zero-order valence-electron chi connectivity index (χ0n) is 23.8. The van der Waals surface area contributed by atoms with Crippen LogP contribution in [0.25, 0.3) is 22.3 Å². The SMILES string of the molecule is CC(=O)OCC1OC(OC2C(O)C(C)OC(Oc3c(-c4ccc(O)cc4)oc4cc(O)cc(O)c4c3=O)C2O)C(O)C(O)C1O. The molecule has 0 spiro atoms. The van der Waals surface area contributed by atoms with Gasteiger partial charge >= 0.3 is 5.97 Å². The summed E-state index contributed by atoms with van der Waals surface area (Å²) in [7, 11) is 0. The third-order valence-corrected chi connectivity index (χ3v) is 7.47. The molecule has 0 radical (unpaired) electrons. The molecule has 0 bridgehead atoms. The van der Waals surface area contributed by atoms with Crippen LogP contribution in [-0.4, -0.2) is 115 Å². The van der Waals surface area contributed by atoms with Crippen molar-refractivity contribution in [2.24, 2.45) is 0 Å². The molecular weight excluding hydrogens is 604 g/mol. The Bertz CT molecular complexity index is 1590. The Labute approximate surface area is 253 Å². The number of rotatable bonds is 7. The lowest BCUT2D eigenvalue weighted by molar-refractivity contribution is -0.350. The number of esters is 1. The molecule has 16 nitrogen and oxygen atoms in total. The number of ether oxygens (including phenoxy) is 5. The molecule has 5 rings (SSSR count). The summed E-state index contributed by atoms with van der Waals surface area (Å²) in [5.74, 6) is -2.64. The van der Waals surface area contributed by atoms with Crippen molar-refractivity contribution >= 4 is 16.9 Å². The van der Waals surface area contributed by atoms with Gasteiger partial charge in [-0.1, -0.05) is 0 Å². The normalized spacial score (nSPS) is 31.9. The van der Waals surface area contributed by atoms with Crippen molar-refractivity contribution in [1.29, 1.82) is 0 Å². The van der Waals surface area contributed by atoms with Crippen LogP contribution in [0, 0.1) is 0 Å². The van der Waals surface area contributed by atoms with E-state index in [4.69, 9.17) is 28.1 Å². The van der Waals surface area contributed by atoms with Crippen molar-refractivity contribution in [1.82, 2.24) is 0 Å². The summed E-state index contributed by atoms with van der Waals surface area (Å²) in [6, 6.07) is 7.37. The lowest BCUT2D eigenvalue weighted by Gasteiger charge is -2.45. The van der Waals surface area contributed by atoms with E-state index in [9.17, 15) is 50.4 Å². The smallest absolute Gasteiger partial charge is 0.302 e. The van der Waals surface area contributed by atoms with Gasteiger partial charge in [-0.2, -0.15) is 0 Å². The van der Waals surface area contributed by atoms with Crippen LogP contribution < -0.4 is 10.2 Å². The summed E-state index contributed by atoms with van der Waals surface area (Å²) in [4.78, 5) is 24.9. The van der Waals surface area contributed by atoms with E-state index in [0.717, 1.165) is 19.1 Å². The van der Waals surface area contributed by atoms with Crippen LogP contribution in [0.15, 0.2) is 45.6 Å². The van der Waals surface area contributed by atoms with E-state index in [1.165, 1.54) is 31.2 Å². The average Bonchev–Trinajstić information content (AvgIpc) is 2.98. The van der Waals surface area contributed by atoms with Crippen LogP contribution in [0.3, 0.4) is 0 Å². The summed E-state index contributed by atoms with van der Waals surface area (Å²) in [5, 5.41) is 83.0. The summed E-state index contributed by atoms with van der Waals surface area (Å²) >= 11 is 0. The van der Waals surface area contributed by atoms with Gasteiger partial charge in [-0.05, 0) is 31.2 Å². The predicted molar refractivity (Wildman–Crippen MR) is 148 cm³/mol. The zero-order chi connectivity index (χ0) is 32.7. The van der Waals surface area contributed by atoms with E-state index < -0.39 is 96.7 Å². The van der Waals surface area contributed by atoms with Crippen molar-refractivity contribution in [2.75, 3.05) is 6.61 Å². The van der Waals surface area contributed by atoms with Crippen molar-refractivity contribution in [2.45, 2.75) is 75.3 Å². The lowest BCUT2D eigenvalue weighted by atomic mass is 9.97. The Kier molecular flexibility index (Phi) is 9.20. The number of benzene rings is 2. The van der Waals surface area contributed by atoms with Crippen molar-refractivity contribution < 1.29 is 73.7 Å². The quantitative estimate of drug-likeness (QED) is 0.147. The number of aliphatic hydroxyl groups excluding tert-OH is 5. The second-order valence-corrected chi connectivity index (χ2v) is 10.7. The number of aliphatic hydroxyl groups is 5. The van der Waals surface area contributed by atoms with Gasteiger partial charge in [0, 0.05) is 24.6 Å². The maximum absolute atomic E-state index is 13.7. The van der Waals surface area contributed by atoms with E-state index in [-0.39, 0.29) is 28.0 Å². The van der Waals surface area contributed by atoms with Gasteiger partial charge in [-0.3, -0.25) is 9.59 Å². The molecule has 1 aromatic heterocycles. The minimum atomic E-state index is -1.90. The standard InChI is InChI=1S/C29H32O16/c1-10-19(34)26(44-28-23(38)22(37)20(35)17(43-28)9-40-11(2)30)24(39)29(41-10)45-27-21(36)18-15(33)7-14(32)8-16(18)42-25(27)12-3-5-13(31)6-4-12/h3-8,10,17,19-20,22-24,26,28-29,31-35,37-39H,9H2,1-2H3. The Hall–Kier alpha value is -4.00. The molecule has 10 atom stereocenters. The van der Waals surface area contributed by atoms with Gasteiger partial charge in [0.15, 0.2) is 12.1 Å². The van der Waals surface area contributed by atoms with Crippen LogP contribution in [0.2, 0.25) is 0 Å². The molecule has 2 aromatic carbocycles. The molecule has 2 aliphatic heterocycles. The van der Waals surface area contributed by atoms with Crippen LogP contribution in [0.5, 0.6) is 23.0 Å². The first-order valence-corrected chi connectivity index (χ1v) is 13.8. The topological polar surface area (TPSA) is 255 Å². The number of carbonyl (C=O) groups is 1. The Morgan fingerprint density at radius 2 is 1.53 bits per heavy atom. The number of fused-ring (bicyclic) bond motifs is 1. The first kappa shape index (κ1) is 32.4. The van der Waals surface area contributed by atoms with E-state index >= 15 is 0 Å². The van der Waals surface area contributed by atoms with Crippen LogP contribution in [-0.2, 0) is 23.7 Å². The Morgan fingerprint density at radius 1 is 0.844 bits per heavy atom. The van der Waals surface area contributed by atoms with Gasteiger partial charge in [0.1, 0.15) is 77.6 Å². The molecular formula is C29H32O16. The van der Waals surface area contributed by atoms with Gasteiger partial charge in [-0.15, -0.1) is 0 Å². The second-order valence-electron chi connectivity index (χ2n) is 10.7. The monoisotopic (exact) mass is 636 g/mol. The highest BCUT2D eigenvalue weighted by molar-refractivity contribution is 5.88. The highest BCUT2D eigenvalue weighted by Gasteiger charge is 2.51. The molecule has 0 saturated carbocycles. The number of carbonyl (C=O) groups excluding carboxylic acids is 1.